The lowest BCUT2D eigenvalue weighted by Gasteiger charge is -2.21. The molecule has 1 aromatic heterocycles. The Bertz CT molecular complexity index is 664. The van der Waals surface area contributed by atoms with Crippen LogP contribution in [0.4, 0.5) is 11.5 Å². The summed E-state index contributed by atoms with van der Waals surface area (Å²) >= 11 is 5.91. The number of rotatable bonds is 3. The van der Waals surface area contributed by atoms with Crippen LogP contribution >= 0.6 is 11.6 Å². The smallest absolute Gasteiger partial charge is 0.255 e. The average molecular weight is 330 g/mol. The SMILES string of the molecule is O=C(Nc1ccc(N2CCCCCC2)nc1)c1cccc(Cl)c1. The van der Waals surface area contributed by atoms with E-state index in [1.165, 1.54) is 25.7 Å². The molecule has 1 amide bonds. The third kappa shape index (κ3) is 4.23. The van der Waals surface area contributed by atoms with Gasteiger partial charge in [-0.2, -0.15) is 0 Å². The Morgan fingerprint density at radius 1 is 1.09 bits per heavy atom. The molecule has 0 unspecified atom stereocenters. The molecule has 2 aromatic rings. The summed E-state index contributed by atoms with van der Waals surface area (Å²) in [5, 5.41) is 3.40. The van der Waals surface area contributed by atoms with Gasteiger partial charge in [0.25, 0.3) is 5.91 Å². The second kappa shape index (κ2) is 7.47. The van der Waals surface area contributed by atoms with Gasteiger partial charge in [-0.15, -0.1) is 0 Å². The predicted octanol–water partition coefficient (Wildman–Crippen LogP) is 4.37. The highest BCUT2D eigenvalue weighted by atomic mass is 35.5. The molecule has 3 rings (SSSR count). The van der Waals surface area contributed by atoms with E-state index in [0.717, 1.165) is 18.9 Å². The molecule has 0 aliphatic carbocycles. The first kappa shape index (κ1) is 15.8. The molecule has 2 heterocycles. The highest BCUT2D eigenvalue weighted by Gasteiger charge is 2.11. The van der Waals surface area contributed by atoms with E-state index >= 15 is 0 Å². The lowest BCUT2D eigenvalue weighted by molar-refractivity contribution is 0.102. The fourth-order valence-electron chi connectivity index (χ4n) is 2.78. The Kier molecular flexibility index (Phi) is 5.13. The minimum absolute atomic E-state index is 0.183. The van der Waals surface area contributed by atoms with Crippen molar-refractivity contribution in [2.75, 3.05) is 23.3 Å². The molecule has 0 saturated carbocycles. The maximum Gasteiger partial charge on any atom is 0.255 e. The van der Waals surface area contributed by atoms with E-state index in [1.54, 1.807) is 30.5 Å². The minimum Gasteiger partial charge on any atom is -0.357 e. The Hall–Kier alpha value is -2.07. The number of pyridine rings is 1. The molecule has 5 heteroatoms. The Morgan fingerprint density at radius 3 is 2.52 bits per heavy atom. The van der Waals surface area contributed by atoms with Gasteiger partial charge in [0.15, 0.2) is 0 Å². The van der Waals surface area contributed by atoms with E-state index in [9.17, 15) is 4.79 Å². The molecule has 0 atom stereocenters. The van der Waals surface area contributed by atoms with Gasteiger partial charge in [0, 0.05) is 23.7 Å². The molecule has 120 valence electrons. The molecule has 1 aliphatic rings. The molecule has 1 aliphatic heterocycles. The van der Waals surface area contributed by atoms with Gasteiger partial charge >= 0.3 is 0 Å². The normalized spacial score (nSPS) is 15.1. The van der Waals surface area contributed by atoms with Crippen LogP contribution in [0.25, 0.3) is 0 Å². The Morgan fingerprint density at radius 2 is 1.87 bits per heavy atom. The molecule has 4 nitrogen and oxygen atoms in total. The van der Waals surface area contributed by atoms with Crippen LogP contribution in [0.5, 0.6) is 0 Å². The number of nitrogens with zero attached hydrogens (tertiary/aromatic N) is 2. The van der Waals surface area contributed by atoms with Gasteiger partial charge < -0.3 is 10.2 Å². The van der Waals surface area contributed by atoms with Crippen molar-refractivity contribution in [2.45, 2.75) is 25.7 Å². The van der Waals surface area contributed by atoms with Crippen molar-refractivity contribution >= 4 is 29.0 Å². The fraction of sp³-hybridized carbons (Fsp3) is 0.333. The summed E-state index contributed by atoms with van der Waals surface area (Å²) in [5.41, 5.74) is 1.22. The third-order valence-electron chi connectivity index (χ3n) is 4.02. The molecular formula is C18H20ClN3O. The zero-order valence-corrected chi connectivity index (χ0v) is 13.7. The summed E-state index contributed by atoms with van der Waals surface area (Å²) in [6.45, 7) is 2.11. The highest BCUT2D eigenvalue weighted by Crippen LogP contribution is 2.19. The second-order valence-corrected chi connectivity index (χ2v) is 6.21. The molecule has 0 radical (unpaired) electrons. The molecular weight excluding hydrogens is 310 g/mol. The van der Waals surface area contributed by atoms with Crippen molar-refractivity contribution in [1.82, 2.24) is 4.98 Å². The van der Waals surface area contributed by atoms with E-state index < -0.39 is 0 Å². The molecule has 1 N–H and O–H groups in total. The van der Waals surface area contributed by atoms with Gasteiger partial charge in [-0.25, -0.2) is 4.98 Å². The number of nitrogens with one attached hydrogen (secondary N) is 1. The van der Waals surface area contributed by atoms with Crippen molar-refractivity contribution in [3.8, 4) is 0 Å². The number of benzene rings is 1. The lowest BCUT2D eigenvalue weighted by Crippen LogP contribution is -2.24. The van der Waals surface area contributed by atoms with Crippen LogP contribution in [-0.4, -0.2) is 24.0 Å². The summed E-state index contributed by atoms with van der Waals surface area (Å²) in [7, 11) is 0. The van der Waals surface area contributed by atoms with Gasteiger partial charge in [-0.1, -0.05) is 30.5 Å². The number of anilines is 2. The van der Waals surface area contributed by atoms with Crippen molar-refractivity contribution in [3.63, 3.8) is 0 Å². The highest BCUT2D eigenvalue weighted by molar-refractivity contribution is 6.31. The van der Waals surface area contributed by atoms with Gasteiger partial charge in [0.05, 0.1) is 11.9 Å². The quantitative estimate of drug-likeness (QED) is 0.909. The summed E-state index contributed by atoms with van der Waals surface area (Å²) in [4.78, 5) is 19.0. The fourth-order valence-corrected chi connectivity index (χ4v) is 2.97. The first-order chi connectivity index (χ1) is 11.2. The van der Waals surface area contributed by atoms with E-state index in [-0.39, 0.29) is 5.91 Å². The third-order valence-corrected chi connectivity index (χ3v) is 4.26. The number of amides is 1. The molecule has 0 bridgehead atoms. The molecule has 1 fully saturated rings. The first-order valence-corrected chi connectivity index (χ1v) is 8.38. The largest absolute Gasteiger partial charge is 0.357 e. The Balaban J connectivity index is 1.66. The standard InChI is InChI=1S/C18H20ClN3O/c19-15-7-5-6-14(12-15)18(23)21-16-8-9-17(20-13-16)22-10-3-1-2-4-11-22/h5-9,12-13H,1-4,10-11H2,(H,21,23). The lowest BCUT2D eigenvalue weighted by atomic mass is 10.2. The maximum atomic E-state index is 12.2. The minimum atomic E-state index is -0.183. The van der Waals surface area contributed by atoms with E-state index in [4.69, 9.17) is 11.6 Å². The molecule has 1 saturated heterocycles. The van der Waals surface area contributed by atoms with Crippen LogP contribution in [-0.2, 0) is 0 Å². The van der Waals surface area contributed by atoms with E-state index in [1.807, 2.05) is 12.1 Å². The Labute approximate surface area is 141 Å². The monoisotopic (exact) mass is 329 g/mol. The summed E-state index contributed by atoms with van der Waals surface area (Å²) in [5.74, 6) is 0.796. The number of carbonyl (C=O) groups excluding carboxylic acids is 1. The second-order valence-electron chi connectivity index (χ2n) is 5.77. The van der Waals surface area contributed by atoms with Crippen molar-refractivity contribution < 1.29 is 4.79 Å². The van der Waals surface area contributed by atoms with Gasteiger partial charge in [0.2, 0.25) is 0 Å². The van der Waals surface area contributed by atoms with Gasteiger partial charge in [-0.3, -0.25) is 4.79 Å². The molecule has 0 spiro atoms. The van der Waals surface area contributed by atoms with Crippen LogP contribution in [0.3, 0.4) is 0 Å². The topological polar surface area (TPSA) is 45.2 Å². The zero-order valence-electron chi connectivity index (χ0n) is 13.0. The van der Waals surface area contributed by atoms with Crippen LogP contribution in [0.2, 0.25) is 5.02 Å². The predicted molar refractivity (Wildman–Crippen MR) is 94.3 cm³/mol. The van der Waals surface area contributed by atoms with Crippen LogP contribution in [0.15, 0.2) is 42.6 Å². The van der Waals surface area contributed by atoms with E-state index in [0.29, 0.717) is 16.3 Å². The van der Waals surface area contributed by atoms with Gasteiger partial charge in [-0.05, 0) is 43.2 Å². The number of hydrogen-bond donors (Lipinski definition) is 1. The number of aromatic nitrogens is 1. The first-order valence-electron chi connectivity index (χ1n) is 8.00. The van der Waals surface area contributed by atoms with Crippen molar-refractivity contribution in [3.05, 3.63) is 53.2 Å². The van der Waals surface area contributed by atoms with Gasteiger partial charge in [0.1, 0.15) is 5.82 Å². The number of halogens is 1. The summed E-state index contributed by atoms with van der Waals surface area (Å²) < 4.78 is 0. The van der Waals surface area contributed by atoms with E-state index in [2.05, 4.69) is 15.2 Å². The van der Waals surface area contributed by atoms with Crippen LogP contribution in [0, 0.1) is 0 Å². The molecule has 23 heavy (non-hydrogen) atoms. The summed E-state index contributed by atoms with van der Waals surface area (Å²) in [6.07, 6.45) is 6.74. The maximum absolute atomic E-state index is 12.2. The van der Waals surface area contributed by atoms with Crippen LogP contribution < -0.4 is 10.2 Å². The molecule has 1 aromatic carbocycles. The number of hydrogen-bond acceptors (Lipinski definition) is 3. The zero-order chi connectivity index (χ0) is 16.1. The van der Waals surface area contributed by atoms with Crippen molar-refractivity contribution in [2.24, 2.45) is 0 Å². The van der Waals surface area contributed by atoms with Crippen LogP contribution in [0.1, 0.15) is 36.0 Å². The van der Waals surface area contributed by atoms with Crippen molar-refractivity contribution in [1.29, 1.82) is 0 Å². The summed E-state index contributed by atoms with van der Waals surface area (Å²) in [6, 6.07) is 10.8. The average Bonchev–Trinajstić information content (AvgIpc) is 2.85. The number of carbonyl (C=O) groups is 1.